The quantitative estimate of drug-likeness (QED) is 0.560. The lowest BCUT2D eigenvalue weighted by molar-refractivity contribution is 0.146. The first kappa shape index (κ1) is 21.1. The summed E-state index contributed by atoms with van der Waals surface area (Å²) in [5.74, 6) is 1.30. The summed E-state index contributed by atoms with van der Waals surface area (Å²) in [6.45, 7) is 7.21. The van der Waals surface area contributed by atoms with E-state index >= 15 is 0 Å². The van der Waals surface area contributed by atoms with Crippen molar-refractivity contribution in [2.24, 2.45) is 5.92 Å². The second kappa shape index (κ2) is 8.83. The van der Waals surface area contributed by atoms with Crippen LogP contribution >= 0.6 is 11.6 Å². The molecule has 2 heterocycles. The Morgan fingerprint density at radius 3 is 2.61 bits per heavy atom. The second-order valence-corrected chi connectivity index (χ2v) is 8.16. The maximum Gasteiger partial charge on any atom is 0.281 e. The minimum atomic E-state index is -2.71. The maximum absolute atomic E-state index is 13.3. The Labute approximate surface area is 170 Å². The van der Waals surface area contributed by atoms with Crippen molar-refractivity contribution in [2.45, 2.75) is 58.3 Å². The molecule has 0 bridgehead atoms. The van der Waals surface area contributed by atoms with E-state index in [-0.39, 0.29) is 10.7 Å². The summed E-state index contributed by atoms with van der Waals surface area (Å²) >= 11 is 6.35. The number of hydrogen-bond donors (Lipinski definition) is 1. The molecule has 1 aliphatic carbocycles. The van der Waals surface area contributed by atoms with Gasteiger partial charge in [0, 0.05) is 29.9 Å². The number of halogens is 3. The SMILES string of the molecule is CCC(C)c1cc(C(CNC)C2CC2)nc(-c2ccnc(C(F)F)c2Cl)c1C. The highest BCUT2D eigenvalue weighted by Crippen LogP contribution is 2.44. The molecule has 0 aliphatic heterocycles. The first-order valence-corrected chi connectivity index (χ1v) is 10.4. The van der Waals surface area contributed by atoms with Gasteiger partial charge in [0.25, 0.3) is 6.43 Å². The maximum atomic E-state index is 13.3. The van der Waals surface area contributed by atoms with Crippen LogP contribution in [0, 0.1) is 12.8 Å². The lowest BCUT2D eigenvalue weighted by atomic mass is 9.88. The zero-order valence-electron chi connectivity index (χ0n) is 16.9. The Morgan fingerprint density at radius 2 is 2.04 bits per heavy atom. The third-order valence-electron chi connectivity index (χ3n) is 5.85. The lowest BCUT2D eigenvalue weighted by Gasteiger charge is -2.23. The van der Waals surface area contributed by atoms with Crippen molar-refractivity contribution in [3.8, 4) is 11.3 Å². The van der Waals surface area contributed by atoms with Gasteiger partial charge < -0.3 is 5.32 Å². The van der Waals surface area contributed by atoms with Gasteiger partial charge in [-0.15, -0.1) is 0 Å². The molecule has 3 rings (SSSR count). The van der Waals surface area contributed by atoms with Crippen molar-refractivity contribution in [3.63, 3.8) is 0 Å². The molecule has 2 aromatic heterocycles. The standard InChI is InChI=1S/C22H28ClF2N3/c1-5-12(2)16-10-18(17(11-26-4)14-6-7-14)28-20(13(16)3)15-8-9-27-21(19(15)23)22(24)25/h8-10,12,14,17,22,26H,5-7,11H2,1-4H3. The Kier molecular flexibility index (Phi) is 6.66. The molecule has 1 fully saturated rings. The van der Waals surface area contributed by atoms with Crippen LogP contribution in [-0.2, 0) is 0 Å². The van der Waals surface area contributed by atoms with Gasteiger partial charge in [-0.2, -0.15) is 0 Å². The van der Waals surface area contributed by atoms with Crippen molar-refractivity contribution < 1.29 is 8.78 Å². The summed E-state index contributed by atoms with van der Waals surface area (Å²) in [5.41, 5.74) is 4.10. The third kappa shape index (κ3) is 4.20. The number of hydrogen-bond acceptors (Lipinski definition) is 3. The predicted molar refractivity (Wildman–Crippen MR) is 110 cm³/mol. The Balaban J connectivity index is 2.20. The van der Waals surface area contributed by atoms with E-state index in [0.29, 0.717) is 29.0 Å². The Hall–Kier alpha value is -1.59. The molecule has 0 amide bonds. The zero-order chi connectivity index (χ0) is 20.4. The molecule has 0 saturated heterocycles. The Morgan fingerprint density at radius 1 is 1.32 bits per heavy atom. The predicted octanol–water partition coefficient (Wildman–Crippen LogP) is 6.27. The number of pyridine rings is 2. The first-order chi connectivity index (χ1) is 13.4. The molecule has 2 aromatic rings. The van der Waals surface area contributed by atoms with E-state index in [4.69, 9.17) is 16.6 Å². The largest absolute Gasteiger partial charge is 0.319 e. The van der Waals surface area contributed by atoms with E-state index in [1.165, 1.54) is 24.6 Å². The summed E-state index contributed by atoms with van der Waals surface area (Å²) in [6.07, 6.45) is 2.10. The van der Waals surface area contributed by atoms with Crippen molar-refractivity contribution in [2.75, 3.05) is 13.6 Å². The molecule has 3 nitrogen and oxygen atoms in total. The highest BCUT2D eigenvalue weighted by molar-refractivity contribution is 6.34. The highest BCUT2D eigenvalue weighted by atomic mass is 35.5. The van der Waals surface area contributed by atoms with Crippen molar-refractivity contribution >= 4 is 11.6 Å². The molecule has 2 unspecified atom stereocenters. The van der Waals surface area contributed by atoms with Crippen LogP contribution in [0.1, 0.15) is 73.9 Å². The van der Waals surface area contributed by atoms with Crippen LogP contribution in [0.25, 0.3) is 11.3 Å². The molecule has 2 atom stereocenters. The van der Waals surface area contributed by atoms with Gasteiger partial charge in [-0.1, -0.05) is 25.4 Å². The molecule has 0 spiro atoms. The monoisotopic (exact) mass is 407 g/mol. The summed E-state index contributed by atoms with van der Waals surface area (Å²) in [4.78, 5) is 8.74. The smallest absolute Gasteiger partial charge is 0.281 e. The fourth-order valence-corrected chi connectivity index (χ4v) is 4.14. The summed E-state index contributed by atoms with van der Waals surface area (Å²) < 4.78 is 26.7. The van der Waals surface area contributed by atoms with Crippen LogP contribution in [0.5, 0.6) is 0 Å². The highest BCUT2D eigenvalue weighted by Gasteiger charge is 2.34. The van der Waals surface area contributed by atoms with E-state index in [1.54, 1.807) is 6.07 Å². The van der Waals surface area contributed by atoms with E-state index in [2.05, 4.69) is 30.2 Å². The molecule has 1 saturated carbocycles. The van der Waals surface area contributed by atoms with Gasteiger partial charge in [-0.05, 0) is 68.3 Å². The van der Waals surface area contributed by atoms with Gasteiger partial charge in [-0.3, -0.25) is 9.97 Å². The zero-order valence-corrected chi connectivity index (χ0v) is 17.7. The Bertz CT molecular complexity index is 837. The molecule has 6 heteroatoms. The summed E-state index contributed by atoms with van der Waals surface area (Å²) in [6, 6.07) is 3.91. The normalized spacial score (nSPS) is 16.4. The number of aromatic nitrogens is 2. The topological polar surface area (TPSA) is 37.8 Å². The van der Waals surface area contributed by atoms with E-state index in [1.807, 2.05) is 14.0 Å². The first-order valence-electron chi connectivity index (χ1n) is 9.97. The molecule has 1 aliphatic rings. The fourth-order valence-electron chi connectivity index (χ4n) is 3.86. The van der Waals surface area contributed by atoms with Crippen LogP contribution in [0.15, 0.2) is 18.3 Å². The van der Waals surface area contributed by atoms with Gasteiger partial charge >= 0.3 is 0 Å². The van der Waals surface area contributed by atoms with Crippen LogP contribution in [0.4, 0.5) is 8.78 Å². The minimum Gasteiger partial charge on any atom is -0.319 e. The van der Waals surface area contributed by atoms with Crippen molar-refractivity contribution in [1.82, 2.24) is 15.3 Å². The third-order valence-corrected chi connectivity index (χ3v) is 6.25. The van der Waals surface area contributed by atoms with Gasteiger partial charge in [0.2, 0.25) is 0 Å². The van der Waals surface area contributed by atoms with Crippen LogP contribution in [0.2, 0.25) is 5.02 Å². The molecular formula is C22H28ClF2N3. The van der Waals surface area contributed by atoms with Crippen molar-refractivity contribution in [1.29, 1.82) is 0 Å². The molecule has 1 N–H and O–H groups in total. The second-order valence-electron chi connectivity index (χ2n) is 7.78. The molecule has 28 heavy (non-hydrogen) atoms. The van der Waals surface area contributed by atoms with Crippen LogP contribution in [-0.4, -0.2) is 23.6 Å². The van der Waals surface area contributed by atoms with Gasteiger partial charge in [0.15, 0.2) is 0 Å². The van der Waals surface area contributed by atoms with E-state index < -0.39 is 6.43 Å². The number of rotatable bonds is 8. The van der Waals surface area contributed by atoms with Crippen molar-refractivity contribution in [3.05, 3.63) is 45.9 Å². The van der Waals surface area contributed by atoms with Gasteiger partial charge in [0.1, 0.15) is 5.69 Å². The van der Waals surface area contributed by atoms with Crippen LogP contribution < -0.4 is 5.32 Å². The number of likely N-dealkylation sites (N-methyl/N-ethyl adjacent to an activating group) is 1. The number of nitrogens with one attached hydrogen (secondary N) is 1. The van der Waals surface area contributed by atoms with E-state index in [9.17, 15) is 8.78 Å². The minimum absolute atomic E-state index is 0.00283. The average molecular weight is 408 g/mol. The van der Waals surface area contributed by atoms with Crippen LogP contribution in [0.3, 0.4) is 0 Å². The molecule has 0 radical (unpaired) electrons. The average Bonchev–Trinajstić information content (AvgIpc) is 3.51. The van der Waals surface area contributed by atoms with Gasteiger partial charge in [-0.25, -0.2) is 8.78 Å². The van der Waals surface area contributed by atoms with Gasteiger partial charge in [0.05, 0.1) is 10.7 Å². The number of alkyl halides is 2. The summed E-state index contributed by atoms with van der Waals surface area (Å²) in [5, 5.41) is 3.28. The molecule has 152 valence electrons. The van der Waals surface area contributed by atoms with E-state index in [0.717, 1.165) is 24.2 Å². The lowest BCUT2D eigenvalue weighted by Crippen LogP contribution is -2.20. The number of nitrogens with zero attached hydrogens (tertiary/aromatic N) is 2. The fraction of sp³-hybridized carbons (Fsp3) is 0.545. The summed E-state index contributed by atoms with van der Waals surface area (Å²) in [7, 11) is 1.95. The molecule has 0 aromatic carbocycles. The molecular weight excluding hydrogens is 380 g/mol.